The number of carbonyl (C=O) groups is 1. The zero-order valence-corrected chi connectivity index (χ0v) is 10.8. The van der Waals surface area contributed by atoms with E-state index in [-0.39, 0.29) is 0 Å². The fourth-order valence-corrected chi connectivity index (χ4v) is 2.27. The van der Waals surface area contributed by atoms with Crippen molar-refractivity contribution in [2.75, 3.05) is 0 Å². The predicted molar refractivity (Wildman–Crippen MR) is 72.5 cm³/mol. The number of fused-ring (bicyclic) bond motifs is 1. The molecule has 0 radical (unpaired) electrons. The summed E-state index contributed by atoms with van der Waals surface area (Å²) >= 11 is 0. The molecule has 0 saturated heterocycles. The summed E-state index contributed by atoms with van der Waals surface area (Å²) in [6.07, 6.45) is 3.17. The summed E-state index contributed by atoms with van der Waals surface area (Å²) in [6, 6.07) is 8.68. The monoisotopic (exact) mass is 268 g/mol. The topological polar surface area (TPSA) is 76.2 Å². The second-order valence-electron chi connectivity index (χ2n) is 4.51. The van der Waals surface area contributed by atoms with E-state index >= 15 is 0 Å². The molecule has 5 heteroatoms. The fraction of sp³-hybridized carbons (Fsp3) is 0.133. The van der Waals surface area contributed by atoms with Crippen molar-refractivity contribution in [3.63, 3.8) is 0 Å². The van der Waals surface area contributed by atoms with Gasteiger partial charge in [0, 0.05) is 19.3 Å². The molecular formula is C15H12N2O3. The van der Waals surface area contributed by atoms with Crippen LogP contribution < -0.4 is 0 Å². The molecule has 1 aromatic carbocycles. The van der Waals surface area contributed by atoms with Crippen LogP contribution >= 0.6 is 0 Å². The van der Waals surface area contributed by atoms with Crippen molar-refractivity contribution in [1.82, 2.24) is 9.97 Å². The van der Waals surface area contributed by atoms with Gasteiger partial charge >= 0.3 is 5.97 Å². The highest BCUT2D eigenvalue weighted by atomic mass is 16.4. The Kier molecular flexibility index (Phi) is 2.95. The van der Waals surface area contributed by atoms with Crippen molar-refractivity contribution in [3.05, 3.63) is 59.7 Å². The summed E-state index contributed by atoms with van der Waals surface area (Å²) in [4.78, 5) is 19.7. The summed E-state index contributed by atoms with van der Waals surface area (Å²) < 4.78 is 5.46. The van der Waals surface area contributed by atoms with E-state index < -0.39 is 11.9 Å². The zero-order chi connectivity index (χ0) is 14.1. The molecule has 0 aliphatic carbocycles. The van der Waals surface area contributed by atoms with E-state index in [4.69, 9.17) is 4.42 Å². The first-order chi connectivity index (χ1) is 9.65. The Balaban J connectivity index is 2.12. The van der Waals surface area contributed by atoms with Crippen LogP contribution in [0.25, 0.3) is 11.1 Å². The largest absolute Gasteiger partial charge is 0.481 e. The lowest BCUT2D eigenvalue weighted by atomic mass is 9.92. The highest BCUT2D eigenvalue weighted by Crippen LogP contribution is 2.27. The van der Waals surface area contributed by atoms with Gasteiger partial charge in [0.15, 0.2) is 11.5 Å². The lowest BCUT2D eigenvalue weighted by Crippen LogP contribution is -2.13. The second-order valence-corrected chi connectivity index (χ2v) is 4.51. The minimum atomic E-state index is -0.910. The van der Waals surface area contributed by atoms with Gasteiger partial charge in [0.2, 0.25) is 0 Å². The van der Waals surface area contributed by atoms with Crippen LogP contribution in [0, 0.1) is 6.92 Å². The summed E-state index contributed by atoms with van der Waals surface area (Å²) in [5.41, 5.74) is 2.67. The molecule has 20 heavy (non-hydrogen) atoms. The molecule has 0 saturated carbocycles. The predicted octanol–water partition coefficient (Wildman–Crippen LogP) is 2.75. The quantitative estimate of drug-likeness (QED) is 0.790. The molecule has 1 atom stereocenters. The van der Waals surface area contributed by atoms with Crippen LogP contribution in [0.2, 0.25) is 0 Å². The lowest BCUT2D eigenvalue weighted by Gasteiger charge is -2.12. The maximum absolute atomic E-state index is 11.6. The molecule has 0 spiro atoms. The standard InChI is InChI=1S/C15H12N2O3/c1-9-17-12-3-2-11(8-13(12)20-9)14(15(18)19)10-4-6-16-7-5-10/h2-8,14H,1H3,(H,18,19). The van der Waals surface area contributed by atoms with Gasteiger partial charge in [0.1, 0.15) is 11.4 Å². The Bertz CT molecular complexity index is 765. The maximum Gasteiger partial charge on any atom is 0.315 e. The van der Waals surface area contributed by atoms with E-state index in [1.54, 1.807) is 49.6 Å². The van der Waals surface area contributed by atoms with Crippen LogP contribution in [0.3, 0.4) is 0 Å². The molecule has 3 rings (SSSR count). The summed E-state index contributed by atoms with van der Waals surface area (Å²) in [7, 11) is 0. The highest BCUT2D eigenvalue weighted by molar-refractivity contribution is 5.83. The number of carboxylic acids is 1. The van der Waals surface area contributed by atoms with Crippen LogP contribution in [-0.2, 0) is 4.79 Å². The van der Waals surface area contributed by atoms with Crippen molar-refractivity contribution in [1.29, 1.82) is 0 Å². The molecule has 100 valence electrons. The average Bonchev–Trinajstić information content (AvgIpc) is 2.79. The van der Waals surface area contributed by atoms with E-state index in [9.17, 15) is 9.90 Å². The summed E-state index contributed by atoms with van der Waals surface area (Å²) in [5.74, 6) is -1.09. The third-order valence-corrected chi connectivity index (χ3v) is 3.14. The maximum atomic E-state index is 11.6. The van der Waals surface area contributed by atoms with Gasteiger partial charge in [0.05, 0.1) is 0 Å². The zero-order valence-electron chi connectivity index (χ0n) is 10.8. The SMILES string of the molecule is Cc1nc2ccc(C(C(=O)O)c3ccncc3)cc2o1. The summed E-state index contributed by atoms with van der Waals surface area (Å²) in [6.45, 7) is 1.76. The number of pyridine rings is 1. The van der Waals surface area contributed by atoms with Crippen molar-refractivity contribution in [2.24, 2.45) is 0 Å². The Hall–Kier alpha value is -2.69. The Morgan fingerprint density at radius 3 is 2.65 bits per heavy atom. The first-order valence-corrected chi connectivity index (χ1v) is 6.15. The van der Waals surface area contributed by atoms with Gasteiger partial charge < -0.3 is 9.52 Å². The second kappa shape index (κ2) is 4.77. The molecule has 0 bridgehead atoms. The van der Waals surface area contributed by atoms with Crippen molar-refractivity contribution in [3.8, 4) is 0 Å². The fourth-order valence-electron chi connectivity index (χ4n) is 2.27. The smallest absolute Gasteiger partial charge is 0.315 e. The Morgan fingerprint density at radius 2 is 1.95 bits per heavy atom. The minimum absolute atomic E-state index is 0.563. The lowest BCUT2D eigenvalue weighted by molar-refractivity contribution is -0.137. The summed E-state index contributed by atoms with van der Waals surface area (Å²) in [5, 5.41) is 9.49. The number of benzene rings is 1. The Morgan fingerprint density at radius 1 is 1.20 bits per heavy atom. The van der Waals surface area contributed by atoms with Crippen LogP contribution in [0.5, 0.6) is 0 Å². The van der Waals surface area contributed by atoms with E-state index in [2.05, 4.69) is 9.97 Å². The molecule has 0 amide bonds. The number of carboxylic acid groups (broad SMARTS) is 1. The van der Waals surface area contributed by atoms with Crippen LogP contribution in [0.15, 0.2) is 47.1 Å². The molecule has 2 aromatic heterocycles. The van der Waals surface area contributed by atoms with Gasteiger partial charge in [-0.05, 0) is 35.4 Å². The normalized spacial score (nSPS) is 12.4. The van der Waals surface area contributed by atoms with Crippen molar-refractivity contribution < 1.29 is 14.3 Å². The van der Waals surface area contributed by atoms with Crippen LogP contribution in [0.1, 0.15) is 22.9 Å². The van der Waals surface area contributed by atoms with E-state index in [1.807, 2.05) is 0 Å². The molecule has 0 aliphatic heterocycles. The number of aryl methyl sites for hydroxylation is 1. The van der Waals surface area contributed by atoms with Crippen molar-refractivity contribution >= 4 is 17.1 Å². The molecular weight excluding hydrogens is 256 g/mol. The van der Waals surface area contributed by atoms with E-state index in [0.29, 0.717) is 22.6 Å². The molecule has 1 unspecified atom stereocenters. The van der Waals surface area contributed by atoms with Gasteiger partial charge in [-0.15, -0.1) is 0 Å². The van der Waals surface area contributed by atoms with E-state index in [1.165, 1.54) is 0 Å². The molecule has 5 nitrogen and oxygen atoms in total. The third-order valence-electron chi connectivity index (χ3n) is 3.14. The first-order valence-electron chi connectivity index (χ1n) is 6.15. The third kappa shape index (κ3) is 2.14. The van der Waals surface area contributed by atoms with Crippen molar-refractivity contribution in [2.45, 2.75) is 12.8 Å². The van der Waals surface area contributed by atoms with Gasteiger partial charge in [0.25, 0.3) is 0 Å². The minimum Gasteiger partial charge on any atom is -0.481 e. The van der Waals surface area contributed by atoms with Gasteiger partial charge in [-0.1, -0.05) is 6.07 Å². The molecule has 0 fully saturated rings. The number of nitrogens with zero attached hydrogens (tertiary/aromatic N) is 2. The van der Waals surface area contributed by atoms with Crippen LogP contribution in [0.4, 0.5) is 0 Å². The first kappa shape index (κ1) is 12.3. The number of oxazole rings is 1. The van der Waals surface area contributed by atoms with Crippen LogP contribution in [-0.4, -0.2) is 21.0 Å². The molecule has 0 aliphatic rings. The Labute approximate surface area is 114 Å². The van der Waals surface area contributed by atoms with E-state index in [0.717, 1.165) is 5.52 Å². The number of hydrogen-bond donors (Lipinski definition) is 1. The number of aliphatic carboxylic acids is 1. The molecule has 2 heterocycles. The van der Waals surface area contributed by atoms with Gasteiger partial charge in [-0.2, -0.15) is 0 Å². The average molecular weight is 268 g/mol. The molecule has 3 aromatic rings. The number of hydrogen-bond acceptors (Lipinski definition) is 4. The van der Waals surface area contributed by atoms with Gasteiger partial charge in [-0.3, -0.25) is 9.78 Å². The van der Waals surface area contributed by atoms with Gasteiger partial charge in [-0.25, -0.2) is 4.98 Å². The highest BCUT2D eigenvalue weighted by Gasteiger charge is 2.22. The number of rotatable bonds is 3. The molecule has 1 N–H and O–H groups in total. The number of aromatic nitrogens is 2.